The number of rotatable bonds is 5. The van der Waals surface area contributed by atoms with Crippen LogP contribution in [-0.2, 0) is 11.3 Å². The topological polar surface area (TPSA) is 64.3 Å². The number of halogens is 2. The summed E-state index contributed by atoms with van der Waals surface area (Å²) in [5.74, 6) is -0.309. The molecule has 0 aliphatic carbocycles. The fraction of sp³-hybridized carbons (Fsp3) is 0.364. The van der Waals surface area contributed by atoms with E-state index in [1.54, 1.807) is 12.1 Å². The van der Waals surface area contributed by atoms with Gasteiger partial charge in [0.25, 0.3) is 0 Å². The molecule has 0 aromatic heterocycles. The van der Waals surface area contributed by atoms with Gasteiger partial charge in [0.15, 0.2) is 0 Å². The van der Waals surface area contributed by atoms with Gasteiger partial charge < -0.3 is 15.8 Å². The molecule has 0 spiro atoms. The Morgan fingerprint density at radius 2 is 1.88 bits per heavy atom. The van der Waals surface area contributed by atoms with Crippen molar-refractivity contribution in [1.29, 1.82) is 0 Å². The van der Waals surface area contributed by atoms with Crippen LogP contribution < -0.4 is 11.1 Å². The first-order chi connectivity index (χ1) is 7.27. The lowest BCUT2D eigenvalue weighted by Gasteiger charge is -2.04. The van der Waals surface area contributed by atoms with Crippen LogP contribution in [0.5, 0.6) is 0 Å². The van der Waals surface area contributed by atoms with E-state index in [1.165, 1.54) is 7.11 Å². The molecule has 0 fully saturated rings. The molecule has 0 aliphatic rings. The van der Waals surface area contributed by atoms with Crippen LogP contribution in [0.1, 0.15) is 15.9 Å². The molecule has 6 heteroatoms. The van der Waals surface area contributed by atoms with E-state index in [0.29, 0.717) is 12.1 Å². The van der Waals surface area contributed by atoms with Crippen LogP contribution in [0.2, 0.25) is 0 Å². The molecular formula is C11H18Cl2N2O2. The number of hydrogen-bond donors (Lipinski definition) is 2. The number of carbonyl (C=O) groups excluding carboxylic acids is 1. The summed E-state index contributed by atoms with van der Waals surface area (Å²) in [5.41, 5.74) is 7.04. The average Bonchev–Trinajstić information content (AvgIpc) is 2.29. The van der Waals surface area contributed by atoms with E-state index in [9.17, 15) is 4.79 Å². The van der Waals surface area contributed by atoms with Crippen LogP contribution in [0.25, 0.3) is 0 Å². The van der Waals surface area contributed by atoms with E-state index in [2.05, 4.69) is 10.1 Å². The van der Waals surface area contributed by atoms with Gasteiger partial charge in [0.2, 0.25) is 0 Å². The minimum Gasteiger partial charge on any atom is -0.465 e. The standard InChI is InChI=1S/C11H16N2O2.2ClH/c1-15-11(14)10-4-2-9(3-5-10)8-13-7-6-12;;/h2-5,13H,6-8,12H2,1H3;2*1H. The zero-order valence-electron chi connectivity index (χ0n) is 9.64. The summed E-state index contributed by atoms with van der Waals surface area (Å²) in [6, 6.07) is 7.31. The smallest absolute Gasteiger partial charge is 0.337 e. The van der Waals surface area contributed by atoms with Gasteiger partial charge in [0, 0.05) is 19.6 Å². The van der Waals surface area contributed by atoms with Gasteiger partial charge >= 0.3 is 5.97 Å². The molecule has 0 atom stereocenters. The van der Waals surface area contributed by atoms with Gasteiger partial charge in [-0.3, -0.25) is 0 Å². The number of nitrogens with two attached hydrogens (primary N) is 1. The van der Waals surface area contributed by atoms with Crippen LogP contribution in [-0.4, -0.2) is 26.2 Å². The molecule has 17 heavy (non-hydrogen) atoms. The molecule has 0 saturated carbocycles. The first-order valence-electron chi connectivity index (χ1n) is 4.86. The summed E-state index contributed by atoms with van der Waals surface area (Å²) < 4.78 is 4.60. The maximum absolute atomic E-state index is 11.1. The van der Waals surface area contributed by atoms with Crippen LogP contribution >= 0.6 is 24.8 Å². The number of carbonyl (C=O) groups is 1. The van der Waals surface area contributed by atoms with Gasteiger partial charge in [-0.25, -0.2) is 4.79 Å². The SMILES string of the molecule is COC(=O)c1ccc(CNCCN)cc1.Cl.Cl. The fourth-order valence-corrected chi connectivity index (χ4v) is 1.21. The summed E-state index contributed by atoms with van der Waals surface area (Å²) in [6.07, 6.45) is 0. The Balaban J connectivity index is 0. The van der Waals surface area contributed by atoms with Crippen LogP contribution in [0.3, 0.4) is 0 Å². The normalized spacial score (nSPS) is 8.82. The number of methoxy groups -OCH3 is 1. The quantitative estimate of drug-likeness (QED) is 0.632. The van der Waals surface area contributed by atoms with Crippen molar-refractivity contribution in [3.63, 3.8) is 0 Å². The first kappa shape index (κ1) is 18.6. The summed E-state index contributed by atoms with van der Waals surface area (Å²) in [4.78, 5) is 11.1. The molecule has 1 rings (SSSR count). The molecule has 1 aromatic carbocycles. The molecule has 0 radical (unpaired) electrons. The van der Waals surface area contributed by atoms with Gasteiger partial charge in [-0.15, -0.1) is 24.8 Å². The van der Waals surface area contributed by atoms with Crippen molar-refractivity contribution < 1.29 is 9.53 Å². The minimum atomic E-state index is -0.309. The number of hydrogen-bond acceptors (Lipinski definition) is 4. The molecule has 4 nitrogen and oxygen atoms in total. The Morgan fingerprint density at radius 1 is 1.29 bits per heavy atom. The molecule has 1 aromatic rings. The predicted molar refractivity (Wildman–Crippen MR) is 73.0 cm³/mol. The average molecular weight is 281 g/mol. The van der Waals surface area contributed by atoms with Gasteiger partial charge in [0.05, 0.1) is 12.7 Å². The van der Waals surface area contributed by atoms with Gasteiger partial charge in [-0.05, 0) is 17.7 Å². The molecule has 0 saturated heterocycles. The van der Waals surface area contributed by atoms with Crippen LogP contribution in [0.4, 0.5) is 0 Å². The highest BCUT2D eigenvalue weighted by Gasteiger charge is 2.03. The summed E-state index contributed by atoms with van der Waals surface area (Å²) in [7, 11) is 1.37. The van der Waals surface area contributed by atoms with Crippen molar-refractivity contribution in [1.82, 2.24) is 5.32 Å². The highest BCUT2D eigenvalue weighted by molar-refractivity contribution is 5.89. The summed E-state index contributed by atoms with van der Waals surface area (Å²) >= 11 is 0. The zero-order valence-corrected chi connectivity index (χ0v) is 11.3. The highest BCUT2D eigenvalue weighted by Crippen LogP contribution is 2.05. The lowest BCUT2D eigenvalue weighted by Crippen LogP contribution is -2.21. The lowest BCUT2D eigenvalue weighted by molar-refractivity contribution is 0.0600. The monoisotopic (exact) mass is 280 g/mol. The van der Waals surface area contributed by atoms with E-state index < -0.39 is 0 Å². The van der Waals surface area contributed by atoms with E-state index in [-0.39, 0.29) is 30.8 Å². The van der Waals surface area contributed by atoms with Crippen molar-refractivity contribution in [3.8, 4) is 0 Å². The van der Waals surface area contributed by atoms with Crippen molar-refractivity contribution in [2.45, 2.75) is 6.54 Å². The van der Waals surface area contributed by atoms with Crippen molar-refractivity contribution in [2.75, 3.05) is 20.2 Å². The van der Waals surface area contributed by atoms with E-state index >= 15 is 0 Å². The van der Waals surface area contributed by atoms with E-state index in [0.717, 1.165) is 18.7 Å². The van der Waals surface area contributed by atoms with Crippen molar-refractivity contribution in [3.05, 3.63) is 35.4 Å². The number of ether oxygens (including phenoxy) is 1. The lowest BCUT2D eigenvalue weighted by atomic mass is 10.1. The third-order valence-electron chi connectivity index (χ3n) is 2.03. The molecule has 98 valence electrons. The second-order valence-corrected chi connectivity index (χ2v) is 3.15. The van der Waals surface area contributed by atoms with Crippen molar-refractivity contribution in [2.24, 2.45) is 5.73 Å². The molecule has 0 unspecified atom stereocenters. The highest BCUT2D eigenvalue weighted by atomic mass is 35.5. The summed E-state index contributed by atoms with van der Waals surface area (Å²) in [6.45, 7) is 2.18. The van der Waals surface area contributed by atoms with Crippen LogP contribution in [0, 0.1) is 0 Å². The Labute approximate surface area is 114 Å². The maximum atomic E-state index is 11.1. The third kappa shape index (κ3) is 6.48. The first-order valence-corrected chi connectivity index (χ1v) is 4.86. The maximum Gasteiger partial charge on any atom is 0.337 e. The number of esters is 1. The largest absolute Gasteiger partial charge is 0.465 e. The second kappa shape index (κ2) is 10.4. The number of nitrogens with one attached hydrogen (secondary N) is 1. The second-order valence-electron chi connectivity index (χ2n) is 3.15. The number of benzene rings is 1. The molecular weight excluding hydrogens is 263 g/mol. The van der Waals surface area contributed by atoms with Gasteiger partial charge in [-0.1, -0.05) is 12.1 Å². The summed E-state index contributed by atoms with van der Waals surface area (Å²) in [5, 5.41) is 3.17. The van der Waals surface area contributed by atoms with Gasteiger partial charge in [-0.2, -0.15) is 0 Å². The Kier molecular flexibility index (Phi) is 11.3. The Hall–Kier alpha value is -0.810. The van der Waals surface area contributed by atoms with Crippen LogP contribution in [0.15, 0.2) is 24.3 Å². The molecule has 3 N–H and O–H groups in total. The molecule has 0 aliphatic heterocycles. The van der Waals surface area contributed by atoms with Crippen molar-refractivity contribution >= 4 is 30.8 Å². The predicted octanol–water partition coefficient (Wildman–Crippen LogP) is 1.37. The minimum absolute atomic E-state index is 0. The Bertz CT molecular complexity index is 318. The molecule has 0 bridgehead atoms. The van der Waals surface area contributed by atoms with E-state index in [4.69, 9.17) is 5.73 Å². The van der Waals surface area contributed by atoms with E-state index in [1.807, 2.05) is 12.1 Å². The molecule has 0 heterocycles. The Morgan fingerprint density at radius 3 is 2.35 bits per heavy atom. The zero-order chi connectivity index (χ0) is 11.1. The van der Waals surface area contributed by atoms with Gasteiger partial charge in [0.1, 0.15) is 0 Å². The molecule has 0 amide bonds. The fourth-order valence-electron chi connectivity index (χ4n) is 1.21. The third-order valence-corrected chi connectivity index (χ3v) is 2.03.